The Morgan fingerprint density at radius 1 is 0.789 bits per heavy atom. The van der Waals surface area contributed by atoms with Gasteiger partial charge in [0.25, 0.3) is 0 Å². The molecule has 218 valence electrons. The lowest BCUT2D eigenvalue weighted by Crippen LogP contribution is -2.63. The van der Waals surface area contributed by atoms with Crippen LogP contribution >= 0.6 is 0 Å². The SMILES string of the molecule is CCOC(=O)C(CCCOC1OC(COC(C)=O)C(OC(C)=O)C(OC(C)=O)C1OC(C)=O)C(O)OCC. The molecule has 7 atom stereocenters. The molecule has 14 heteroatoms. The van der Waals surface area contributed by atoms with Crippen molar-refractivity contribution in [3.05, 3.63) is 0 Å². The molecule has 1 aliphatic rings. The molecule has 38 heavy (non-hydrogen) atoms. The highest BCUT2D eigenvalue weighted by Crippen LogP contribution is 2.30. The van der Waals surface area contributed by atoms with Crippen LogP contribution in [0.2, 0.25) is 0 Å². The van der Waals surface area contributed by atoms with E-state index in [0.717, 1.165) is 20.8 Å². The molecule has 1 heterocycles. The summed E-state index contributed by atoms with van der Waals surface area (Å²) < 4.78 is 42.7. The number of esters is 5. The molecule has 7 unspecified atom stereocenters. The van der Waals surface area contributed by atoms with E-state index < -0.39 is 72.8 Å². The highest BCUT2D eigenvalue weighted by molar-refractivity contribution is 5.72. The van der Waals surface area contributed by atoms with Gasteiger partial charge >= 0.3 is 29.8 Å². The third-order valence-corrected chi connectivity index (χ3v) is 5.16. The van der Waals surface area contributed by atoms with E-state index in [0.29, 0.717) is 0 Å². The molecule has 0 aliphatic carbocycles. The molecule has 0 bridgehead atoms. The fraction of sp³-hybridized carbons (Fsp3) is 0.792. The second kappa shape index (κ2) is 16.9. The van der Waals surface area contributed by atoms with Gasteiger partial charge in [-0.1, -0.05) is 0 Å². The van der Waals surface area contributed by atoms with Crippen molar-refractivity contribution >= 4 is 29.8 Å². The van der Waals surface area contributed by atoms with Gasteiger partial charge in [0.1, 0.15) is 18.6 Å². The molecule has 0 aromatic carbocycles. The lowest BCUT2D eigenvalue weighted by atomic mass is 9.98. The summed E-state index contributed by atoms with van der Waals surface area (Å²) in [5.41, 5.74) is 0. The second-order valence-corrected chi connectivity index (χ2v) is 8.29. The number of aliphatic hydroxyl groups excluding tert-OH is 1. The molecule has 1 aliphatic heterocycles. The minimum Gasteiger partial charge on any atom is -0.466 e. The van der Waals surface area contributed by atoms with E-state index in [2.05, 4.69) is 0 Å². The van der Waals surface area contributed by atoms with E-state index in [1.165, 1.54) is 6.92 Å². The predicted molar refractivity (Wildman–Crippen MR) is 125 cm³/mol. The average molecular weight is 551 g/mol. The molecule has 0 spiro atoms. The van der Waals surface area contributed by atoms with Gasteiger partial charge in [-0.3, -0.25) is 24.0 Å². The summed E-state index contributed by atoms with van der Waals surface area (Å²) >= 11 is 0. The van der Waals surface area contributed by atoms with Crippen molar-refractivity contribution in [2.45, 2.75) is 91.4 Å². The van der Waals surface area contributed by atoms with Gasteiger partial charge < -0.3 is 43.0 Å². The fourth-order valence-corrected chi connectivity index (χ4v) is 3.74. The molecular formula is C24H38O14. The van der Waals surface area contributed by atoms with Gasteiger partial charge in [0.2, 0.25) is 0 Å². The van der Waals surface area contributed by atoms with Crippen LogP contribution in [0.15, 0.2) is 0 Å². The molecule has 0 amide bonds. The van der Waals surface area contributed by atoms with Crippen LogP contribution in [-0.2, 0) is 61.9 Å². The van der Waals surface area contributed by atoms with Crippen molar-refractivity contribution in [3.8, 4) is 0 Å². The summed E-state index contributed by atoms with van der Waals surface area (Å²) in [4.78, 5) is 59.2. The number of rotatable bonds is 15. The number of carbonyl (C=O) groups excluding carboxylic acids is 5. The third kappa shape index (κ3) is 11.3. The summed E-state index contributed by atoms with van der Waals surface area (Å²) in [6.07, 6.45) is -7.55. The standard InChI is InChI=1S/C24H38O14/c1-7-31-22(29)17(23(30)32-8-2)10-9-11-33-24-21(37-16(6)28)20(36-15(5)27)19(35-14(4)26)18(38-24)12-34-13(3)25/h17-22,24,29H,7-12H2,1-6H3. The first kappa shape index (κ1) is 33.2. The van der Waals surface area contributed by atoms with E-state index in [4.69, 9.17) is 37.9 Å². The lowest BCUT2D eigenvalue weighted by molar-refractivity contribution is -0.308. The van der Waals surface area contributed by atoms with Crippen molar-refractivity contribution in [2.75, 3.05) is 26.4 Å². The van der Waals surface area contributed by atoms with Crippen LogP contribution in [0.4, 0.5) is 0 Å². The van der Waals surface area contributed by atoms with Crippen molar-refractivity contribution in [3.63, 3.8) is 0 Å². The van der Waals surface area contributed by atoms with Crippen molar-refractivity contribution in [1.29, 1.82) is 0 Å². The van der Waals surface area contributed by atoms with E-state index in [9.17, 15) is 29.1 Å². The largest absolute Gasteiger partial charge is 0.466 e. The van der Waals surface area contributed by atoms with Crippen molar-refractivity contribution in [1.82, 2.24) is 0 Å². The van der Waals surface area contributed by atoms with E-state index in [1.54, 1.807) is 13.8 Å². The van der Waals surface area contributed by atoms with Gasteiger partial charge in [-0.15, -0.1) is 0 Å². The van der Waals surface area contributed by atoms with E-state index in [1.807, 2.05) is 0 Å². The number of hydrogen-bond donors (Lipinski definition) is 1. The molecule has 1 rings (SSSR count). The number of hydrogen-bond acceptors (Lipinski definition) is 14. The van der Waals surface area contributed by atoms with Crippen LogP contribution in [0.3, 0.4) is 0 Å². The van der Waals surface area contributed by atoms with Gasteiger partial charge in [-0.05, 0) is 26.7 Å². The van der Waals surface area contributed by atoms with E-state index in [-0.39, 0.29) is 39.3 Å². The summed E-state index contributed by atoms with van der Waals surface area (Å²) in [6, 6.07) is 0. The summed E-state index contributed by atoms with van der Waals surface area (Å²) in [7, 11) is 0. The van der Waals surface area contributed by atoms with Gasteiger partial charge in [-0.25, -0.2) is 0 Å². The average Bonchev–Trinajstić information content (AvgIpc) is 2.80. The fourth-order valence-electron chi connectivity index (χ4n) is 3.74. The number of aliphatic hydroxyl groups is 1. The Balaban J connectivity index is 3.12. The molecular weight excluding hydrogens is 512 g/mol. The maximum Gasteiger partial charge on any atom is 0.314 e. The first-order chi connectivity index (χ1) is 17.9. The highest BCUT2D eigenvalue weighted by Gasteiger charge is 2.52. The Bertz CT molecular complexity index is 799. The molecule has 1 fully saturated rings. The van der Waals surface area contributed by atoms with Crippen LogP contribution in [-0.4, -0.2) is 98.4 Å². The van der Waals surface area contributed by atoms with Crippen LogP contribution in [0.25, 0.3) is 0 Å². The molecule has 1 N–H and O–H groups in total. The quantitative estimate of drug-likeness (QED) is 0.128. The zero-order valence-corrected chi connectivity index (χ0v) is 22.5. The van der Waals surface area contributed by atoms with Gasteiger partial charge in [0.05, 0.1) is 6.61 Å². The molecule has 0 aromatic rings. The normalized spacial score (nSPS) is 24.4. The summed E-state index contributed by atoms with van der Waals surface area (Å²) in [5, 5.41) is 10.2. The Labute approximate surface area is 221 Å². The first-order valence-corrected chi connectivity index (χ1v) is 12.3. The van der Waals surface area contributed by atoms with Crippen molar-refractivity contribution < 1.29 is 67.0 Å². The Hall–Kier alpha value is -2.81. The number of carbonyl (C=O) groups is 5. The Kier molecular flexibility index (Phi) is 14.8. The summed E-state index contributed by atoms with van der Waals surface area (Å²) in [6.45, 7) is 7.66. The molecule has 0 radical (unpaired) electrons. The maximum absolute atomic E-state index is 12.3. The van der Waals surface area contributed by atoms with Gasteiger partial charge in [0.15, 0.2) is 30.9 Å². The Morgan fingerprint density at radius 3 is 1.89 bits per heavy atom. The van der Waals surface area contributed by atoms with Crippen LogP contribution in [0.5, 0.6) is 0 Å². The zero-order chi connectivity index (χ0) is 28.8. The van der Waals surface area contributed by atoms with Crippen molar-refractivity contribution in [2.24, 2.45) is 5.92 Å². The lowest BCUT2D eigenvalue weighted by Gasteiger charge is -2.44. The highest BCUT2D eigenvalue weighted by atomic mass is 16.7. The van der Waals surface area contributed by atoms with Crippen LogP contribution in [0, 0.1) is 5.92 Å². The smallest absolute Gasteiger partial charge is 0.314 e. The second-order valence-electron chi connectivity index (χ2n) is 8.29. The topological polar surface area (TPSA) is 179 Å². The molecule has 0 saturated carbocycles. The maximum atomic E-state index is 12.3. The molecule has 14 nitrogen and oxygen atoms in total. The minimum absolute atomic E-state index is 0.0670. The third-order valence-electron chi connectivity index (χ3n) is 5.16. The van der Waals surface area contributed by atoms with Gasteiger partial charge in [0, 0.05) is 40.9 Å². The Morgan fingerprint density at radius 2 is 1.37 bits per heavy atom. The molecule has 0 aromatic heterocycles. The zero-order valence-electron chi connectivity index (χ0n) is 22.5. The van der Waals surface area contributed by atoms with Crippen LogP contribution < -0.4 is 0 Å². The first-order valence-electron chi connectivity index (χ1n) is 12.3. The number of ether oxygens (including phenoxy) is 8. The van der Waals surface area contributed by atoms with Gasteiger partial charge in [-0.2, -0.15) is 0 Å². The minimum atomic E-state index is -1.38. The predicted octanol–water partition coefficient (Wildman–Crippen LogP) is 0.401. The van der Waals surface area contributed by atoms with E-state index >= 15 is 0 Å². The monoisotopic (exact) mass is 550 g/mol. The van der Waals surface area contributed by atoms with Crippen LogP contribution in [0.1, 0.15) is 54.4 Å². The summed E-state index contributed by atoms with van der Waals surface area (Å²) in [5.74, 6) is -4.53. The molecule has 1 saturated heterocycles.